The molecular formula is C12H20O2. The minimum Gasteiger partial charge on any atom is -0.382 e. The van der Waals surface area contributed by atoms with Crippen LogP contribution in [0.2, 0.25) is 0 Å². The van der Waals surface area contributed by atoms with Gasteiger partial charge in [0.2, 0.25) is 0 Å². The summed E-state index contributed by atoms with van der Waals surface area (Å²) in [5.74, 6) is 0. The van der Waals surface area contributed by atoms with E-state index in [9.17, 15) is 0 Å². The van der Waals surface area contributed by atoms with Gasteiger partial charge in [0, 0.05) is 14.2 Å². The van der Waals surface area contributed by atoms with Gasteiger partial charge in [-0.15, -0.1) is 0 Å². The fourth-order valence-electron chi connectivity index (χ4n) is 0.829. The molecule has 0 aliphatic rings. The molecule has 0 saturated carbocycles. The maximum Gasteiger partial charge on any atom is 0.0696 e. The molecule has 0 bridgehead atoms. The van der Waals surface area contributed by atoms with Crippen LogP contribution in [-0.2, 0) is 9.47 Å². The van der Waals surface area contributed by atoms with Gasteiger partial charge in [-0.1, -0.05) is 24.3 Å². The van der Waals surface area contributed by atoms with E-state index in [0.29, 0.717) is 13.2 Å². The van der Waals surface area contributed by atoms with Crippen LogP contribution in [0.15, 0.2) is 24.3 Å². The molecule has 0 aliphatic carbocycles. The van der Waals surface area contributed by atoms with Crippen molar-refractivity contribution in [3.8, 4) is 0 Å². The summed E-state index contributed by atoms with van der Waals surface area (Å²) in [6.07, 6.45) is 0. The average molecular weight is 196 g/mol. The van der Waals surface area contributed by atoms with Crippen molar-refractivity contribution < 1.29 is 9.47 Å². The largest absolute Gasteiger partial charge is 0.382 e. The lowest BCUT2D eigenvalue weighted by molar-refractivity contribution is 0.103. The lowest BCUT2D eigenvalue weighted by atomic mass is 10.1. The third-order valence-electron chi connectivity index (χ3n) is 1.92. The van der Waals surface area contributed by atoms with Crippen LogP contribution in [0.1, 0.15) is 11.1 Å². The fourth-order valence-corrected chi connectivity index (χ4v) is 0.829. The molecule has 0 aliphatic heterocycles. The normalized spacial score (nSPS) is 9.14. The van der Waals surface area contributed by atoms with Gasteiger partial charge in [-0.3, -0.25) is 0 Å². The van der Waals surface area contributed by atoms with Crippen LogP contribution in [0.25, 0.3) is 0 Å². The van der Waals surface area contributed by atoms with E-state index in [4.69, 9.17) is 0 Å². The topological polar surface area (TPSA) is 18.5 Å². The predicted molar refractivity (Wildman–Crippen MR) is 59.7 cm³/mol. The molecule has 0 spiro atoms. The van der Waals surface area contributed by atoms with Crippen molar-refractivity contribution in [2.24, 2.45) is 0 Å². The highest BCUT2D eigenvalue weighted by molar-refractivity contribution is 5.23. The highest BCUT2D eigenvalue weighted by Gasteiger charge is 1.83. The Morgan fingerprint density at radius 1 is 0.857 bits per heavy atom. The second-order valence-electron chi connectivity index (χ2n) is 3.07. The van der Waals surface area contributed by atoms with Gasteiger partial charge in [0.15, 0.2) is 0 Å². The van der Waals surface area contributed by atoms with Crippen molar-refractivity contribution in [2.45, 2.75) is 13.8 Å². The van der Waals surface area contributed by atoms with E-state index < -0.39 is 0 Å². The Hall–Kier alpha value is -0.860. The van der Waals surface area contributed by atoms with E-state index in [1.165, 1.54) is 11.1 Å². The summed E-state index contributed by atoms with van der Waals surface area (Å²) in [7, 11) is 3.30. The van der Waals surface area contributed by atoms with Crippen molar-refractivity contribution in [1.29, 1.82) is 0 Å². The SMILES string of the molecule is COCCOC.Cc1ccccc1C. The minimum absolute atomic E-state index is 0.691. The molecule has 1 aromatic carbocycles. The van der Waals surface area contributed by atoms with Gasteiger partial charge in [0.05, 0.1) is 13.2 Å². The Morgan fingerprint density at radius 2 is 1.21 bits per heavy atom. The van der Waals surface area contributed by atoms with Crippen molar-refractivity contribution in [2.75, 3.05) is 27.4 Å². The van der Waals surface area contributed by atoms with E-state index in [2.05, 4.69) is 47.6 Å². The van der Waals surface area contributed by atoms with Crippen LogP contribution in [0.4, 0.5) is 0 Å². The summed E-state index contributed by atoms with van der Waals surface area (Å²) in [5.41, 5.74) is 2.74. The molecule has 0 atom stereocenters. The van der Waals surface area contributed by atoms with Gasteiger partial charge >= 0.3 is 0 Å². The maximum absolute atomic E-state index is 4.66. The molecule has 0 N–H and O–H groups in total. The highest BCUT2D eigenvalue weighted by Crippen LogP contribution is 2.02. The van der Waals surface area contributed by atoms with Gasteiger partial charge in [0.1, 0.15) is 0 Å². The summed E-state index contributed by atoms with van der Waals surface area (Å²) in [4.78, 5) is 0. The van der Waals surface area contributed by atoms with Gasteiger partial charge in [-0.25, -0.2) is 0 Å². The van der Waals surface area contributed by atoms with Crippen LogP contribution >= 0.6 is 0 Å². The molecular weight excluding hydrogens is 176 g/mol. The van der Waals surface area contributed by atoms with Crippen LogP contribution in [0.5, 0.6) is 0 Å². The third kappa shape index (κ3) is 6.63. The van der Waals surface area contributed by atoms with E-state index in [1.54, 1.807) is 14.2 Å². The molecule has 0 aromatic heterocycles. The maximum atomic E-state index is 4.66. The zero-order chi connectivity index (χ0) is 10.8. The van der Waals surface area contributed by atoms with Crippen molar-refractivity contribution >= 4 is 0 Å². The number of hydrogen-bond donors (Lipinski definition) is 0. The fraction of sp³-hybridized carbons (Fsp3) is 0.500. The van der Waals surface area contributed by atoms with Crippen molar-refractivity contribution in [3.63, 3.8) is 0 Å². The highest BCUT2D eigenvalue weighted by atomic mass is 16.5. The second-order valence-corrected chi connectivity index (χ2v) is 3.07. The minimum atomic E-state index is 0.691. The Kier molecular flexibility index (Phi) is 8.19. The van der Waals surface area contributed by atoms with Crippen molar-refractivity contribution in [1.82, 2.24) is 0 Å². The van der Waals surface area contributed by atoms with Crippen LogP contribution in [0.3, 0.4) is 0 Å². The molecule has 2 heteroatoms. The van der Waals surface area contributed by atoms with Gasteiger partial charge in [-0.05, 0) is 25.0 Å². The Balaban J connectivity index is 0.000000255. The summed E-state index contributed by atoms with van der Waals surface area (Å²) in [6, 6.07) is 8.36. The molecule has 80 valence electrons. The first-order valence-electron chi connectivity index (χ1n) is 4.72. The number of methoxy groups -OCH3 is 2. The standard InChI is InChI=1S/C8H10.C4H10O2/c1-7-5-3-4-6-8(7)2;1-5-3-4-6-2/h3-6H,1-2H3;3-4H2,1-2H3. The van der Waals surface area contributed by atoms with Gasteiger partial charge in [-0.2, -0.15) is 0 Å². The second kappa shape index (κ2) is 8.73. The smallest absolute Gasteiger partial charge is 0.0696 e. The zero-order valence-electron chi connectivity index (χ0n) is 9.54. The molecule has 14 heavy (non-hydrogen) atoms. The molecule has 0 saturated heterocycles. The Morgan fingerprint density at radius 3 is 1.43 bits per heavy atom. The number of ether oxygens (including phenoxy) is 2. The molecule has 1 rings (SSSR count). The number of hydrogen-bond acceptors (Lipinski definition) is 2. The zero-order valence-corrected chi connectivity index (χ0v) is 9.54. The molecule has 1 aromatic rings. The van der Waals surface area contributed by atoms with E-state index in [-0.39, 0.29) is 0 Å². The first-order chi connectivity index (χ1) is 6.72. The predicted octanol–water partition coefficient (Wildman–Crippen LogP) is 2.58. The van der Waals surface area contributed by atoms with Crippen LogP contribution < -0.4 is 0 Å². The number of benzene rings is 1. The van der Waals surface area contributed by atoms with E-state index >= 15 is 0 Å². The summed E-state index contributed by atoms with van der Waals surface area (Å²) in [5, 5.41) is 0. The Bertz CT molecular complexity index is 209. The third-order valence-corrected chi connectivity index (χ3v) is 1.92. The molecule has 0 fully saturated rings. The first kappa shape index (κ1) is 13.1. The lowest BCUT2D eigenvalue weighted by Crippen LogP contribution is -1.96. The number of aryl methyl sites for hydroxylation is 2. The lowest BCUT2D eigenvalue weighted by Gasteiger charge is -1.93. The summed E-state index contributed by atoms with van der Waals surface area (Å²) in [6.45, 7) is 5.62. The molecule has 0 unspecified atom stereocenters. The monoisotopic (exact) mass is 196 g/mol. The van der Waals surface area contributed by atoms with E-state index in [0.717, 1.165) is 0 Å². The molecule has 0 heterocycles. The van der Waals surface area contributed by atoms with Crippen LogP contribution in [0, 0.1) is 13.8 Å². The quantitative estimate of drug-likeness (QED) is 0.692. The average Bonchev–Trinajstić information content (AvgIpc) is 2.20. The van der Waals surface area contributed by atoms with E-state index in [1.807, 2.05) is 0 Å². The van der Waals surface area contributed by atoms with Gasteiger partial charge < -0.3 is 9.47 Å². The molecule has 2 nitrogen and oxygen atoms in total. The van der Waals surface area contributed by atoms with Crippen LogP contribution in [-0.4, -0.2) is 27.4 Å². The van der Waals surface area contributed by atoms with Crippen molar-refractivity contribution in [3.05, 3.63) is 35.4 Å². The van der Waals surface area contributed by atoms with Gasteiger partial charge in [0.25, 0.3) is 0 Å². The first-order valence-corrected chi connectivity index (χ1v) is 4.72. The summed E-state index contributed by atoms with van der Waals surface area (Å²) >= 11 is 0. The molecule has 0 amide bonds. The Labute approximate surface area is 86.9 Å². The summed E-state index contributed by atoms with van der Waals surface area (Å²) < 4.78 is 9.31. The number of rotatable bonds is 3. The molecule has 0 radical (unpaired) electrons.